The molecule has 1 aliphatic heterocycles. The number of amides is 1. The summed E-state index contributed by atoms with van der Waals surface area (Å²) in [6.07, 6.45) is 1.72. The first-order chi connectivity index (χ1) is 10.8. The van der Waals surface area contributed by atoms with Crippen LogP contribution in [0.4, 0.5) is 0 Å². The molecule has 1 aliphatic rings. The number of nitrogens with two attached hydrogens (primary N) is 1. The van der Waals surface area contributed by atoms with Gasteiger partial charge in [0.15, 0.2) is 0 Å². The van der Waals surface area contributed by atoms with Gasteiger partial charge in [-0.15, -0.1) is 11.3 Å². The maximum atomic E-state index is 12.2. The van der Waals surface area contributed by atoms with Crippen LogP contribution < -0.4 is 5.73 Å². The summed E-state index contributed by atoms with van der Waals surface area (Å²) in [6.45, 7) is 12.8. The summed E-state index contributed by atoms with van der Waals surface area (Å²) in [7, 11) is 0. The van der Waals surface area contributed by atoms with Crippen LogP contribution in [-0.2, 0) is 16.8 Å². The molecule has 0 bridgehead atoms. The summed E-state index contributed by atoms with van der Waals surface area (Å²) in [5, 5.41) is 3.35. The van der Waals surface area contributed by atoms with Gasteiger partial charge < -0.3 is 10.6 Å². The van der Waals surface area contributed by atoms with Crippen molar-refractivity contribution in [2.24, 2.45) is 5.73 Å². The molecule has 0 aromatic carbocycles. The Morgan fingerprint density at radius 3 is 2.52 bits per heavy atom. The van der Waals surface area contributed by atoms with Gasteiger partial charge in [0, 0.05) is 43.5 Å². The Kier molecular flexibility index (Phi) is 6.17. The van der Waals surface area contributed by atoms with E-state index in [2.05, 4.69) is 38.0 Å². The third-order valence-electron chi connectivity index (χ3n) is 4.18. The van der Waals surface area contributed by atoms with E-state index in [0.29, 0.717) is 0 Å². The first-order valence-corrected chi connectivity index (χ1v) is 9.41. The minimum absolute atomic E-state index is 0.107. The van der Waals surface area contributed by atoms with Gasteiger partial charge in [-0.25, -0.2) is 4.98 Å². The molecule has 130 valence electrons. The zero-order valence-corrected chi connectivity index (χ0v) is 15.7. The molecule has 0 saturated carbocycles. The van der Waals surface area contributed by atoms with Crippen molar-refractivity contribution in [2.45, 2.75) is 58.5 Å². The number of hydrogen-bond acceptors (Lipinski definition) is 5. The number of aromatic nitrogens is 1. The minimum Gasteiger partial charge on any atom is -0.339 e. The van der Waals surface area contributed by atoms with E-state index in [1.807, 2.05) is 4.90 Å². The van der Waals surface area contributed by atoms with Crippen molar-refractivity contribution in [2.75, 3.05) is 26.2 Å². The molecule has 1 atom stereocenters. The first kappa shape index (κ1) is 18.4. The standard InChI is InChI=1S/C17H30N4OS/c1-5-6-14(18)15(22)21-9-7-20(8-10-21)11-13-12-23-16(19-13)17(2,3)4/h12,14H,5-11,18H2,1-4H3. The van der Waals surface area contributed by atoms with Gasteiger partial charge in [0.25, 0.3) is 0 Å². The van der Waals surface area contributed by atoms with Crippen LogP contribution in [0.25, 0.3) is 0 Å². The fourth-order valence-electron chi connectivity index (χ4n) is 2.75. The van der Waals surface area contributed by atoms with Crippen LogP contribution in [0, 0.1) is 0 Å². The minimum atomic E-state index is -0.334. The fourth-order valence-corrected chi connectivity index (χ4v) is 3.65. The van der Waals surface area contributed by atoms with E-state index in [-0.39, 0.29) is 17.4 Å². The number of carbonyl (C=O) groups is 1. The average molecular weight is 339 g/mol. The van der Waals surface area contributed by atoms with E-state index in [1.165, 1.54) is 5.01 Å². The Morgan fingerprint density at radius 1 is 1.35 bits per heavy atom. The largest absolute Gasteiger partial charge is 0.339 e. The summed E-state index contributed by atoms with van der Waals surface area (Å²) in [5.74, 6) is 0.107. The van der Waals surface area contributed by atoms with Crippen LogP contribution in [0.15, 0.2) is 5.38 Å². The Morgan fingerprint density at radius 2 is 2.00 bits per heavy atom. The van der Waals surface area contributed by atoms with E-state index in [4.69, 9.17) is 10.7 Å². The molecule has 1 saturated heterocycles. The number of carbonyl (C=O) groups excluding carboxylic acids is 1. The maximum Gasteiger partial charge on any atom is 0.239 e. The van der Waals surface area contributed by atoms with Gasteiger partial charge in [-0.3, -0.25) is 9.69 Å². The van der Waals surface area contributed by atoms with Gasteiger partial charge >= 0.3 is 0 Å². The molecular weight excluding hydrogens is 308 g/mol. The molecule has 0 aliphatic carbocycles. The third-order valence-corrected chi connectivity index (χ3v) is 5.50. The number of thiazole rings is 1. The lowest BCUT2D eigenvalue weighted by molar-refractivity contribution is -0.134. The van der Waals surface area contributed by atoms with Crippen molar-refractivity contribution < 1.29 is 4.79 Å². The molecule has 2 heterocycles. The van der Waals surface area contributed by atoms with Gasteiger partial charge in [0.1, 0.15) is 0 Å². The normalized spacial score (nSPS) is 18.2. The Hall–Kier alpha value is -0.980. The average Bonchev–Trinajstić information content (AvgIpc) is 2.96. The maximum absolute atomic E-state index is 12.2. The molecule has 1 aromatic heterocycles. The van der Waals surface area contributed by atoms with Crippen LogP contribution in [0.1, 0.15) is 51.2 Å². The third kappa shape index (κ3) is 4.99. The molecule has 23 heavy (non-hydrogen) atoms. The van der Waals surface area contributed by atoms with Gasteiger partial charge in [0.05, 0.1) is 16.7 Å². The van der Waals surface area contributed by atoms with Gasteiger partial charge in [0.2, 0.25) is 5.91 Å². The van der Waals surface area contributed by atoms with Crippen molar-refractivity contribution in [3.63, 3.8) is 0 Å². The molecule has 1 aromatic rings. The molecule has 6 heteroatoms. The van der Waals surface area contributed by atoms with E-state index in [9.17, 15) is 4.79 Å². The van der Waals surface area contributed by atoms with Crippen molar-refractivity contribution in [3.8, 4) is 0 Å². The highest BCUT2D eigenvalue weighted by atomic mass is 32.1. The van der Waals surface area contributed by atoms with Crippen molar-refractivity contribution in [1.29, 1.82) is 0 Å². The summed E-state index contributed by atoms with van der Waals surface area (Å²) in [5.41, 5.74) is 7.20. The second-order valence-electron chi connectivity index (χ2n) is 7.39. The Bertz CT molecular complexity index is 515. The molecule has 1 fully saturated rings. The van der Waals surface area contributed by atoms with Gasteiger partial charge in [-0.1, -0.05) is 34.1 Å². The monoisotopic (exact) mass is 338 g/mol. The summed E-state index contributed by atoms with van der Waals surface area (Å²) in [4.78, 5) is 21.3. The number of rotatable bonds is 5. The molecule has 5 nitrogen and oxygen atoms in total. The molecular formula is C17H30N4OS. The number of hydrogen-bond donors (Lipinski definition) is 1. The topological polar surface area (TPSA) is 62.5 Å². The highest BCUT2D eigenvalue weighted by Gasteiger charge is 2.25. The van der Waals surface area contributed by atoms with E-state index < -0.39 is 0 Å². The van der Waals surface area contributed by atoms with Crippen LogP contribution >= 0.6 is 11.3 Å². The second kappa shape index (κ2) is 7.73. The quantitative estimate of drug-likeness (QED) is 0.894. The van der Waals surface area contributed by atoms with Crippen LogP contribution in [0.2, 0.25) is 0 Å². The first-order valence-electron chi connectivity index (χ1n) is 8.53. The highest BCUT2D eigenvalue weighted by Crippen LogP contribution is 2.26. The number of nitrogens with zero attached hydrogens (tertiary/aromatic N) is 3. The predicted octanol–water partition coefficient (Wildman–Crippen LogP) is 2.21. The fraction of sp³-hybridized carbons (Fsp3) is 0.765. The van der Waals surface area contributed by atoms with Crippen molar-refractivity contribution in [3.05, 3.63) is 16.1 Å². The molecule has 2 rings (SSSR count). The molecule has 0 radical (unpaired) electrons. The SMILES string of the molecule is CCCC(N)C(=O)N1CCN(Cc2csc(C(C)(C)C)n2)CC1. The lowest BCUT2D eigenvalue weighted by Gasteiger charge is -2.35. The van der Waals surface area contributed by atoms with E-state index >= 15 is 0 Å². The zero-order chi connectivity index (χ0) is 17.0. The smallest absolute Gasteiger partial charge is 0.239 e. The van der Waals surface area contributed by atoms with Gasteiger partial charge in [-0.05, 0) is 6.42 Å². The highest BCUT2D eigenvalue weighted by molar-refractivity contribution is 7.09. The van der Waals surface area contributed by atoms with Crippen molar-refractivity contribution in [1.82, 2.24) is 14.8 Å². The summed E-state index contributed by atoms with van der Waals surface area (Å²) < 4.78 is 0. The Balaban J connectivity index is 1.83. The summed E-state index contributed by atoms with van der Waals surface area (Å²) in [6, 6.07) is -0.334. The van der Waals surface area contributed by atoms with E-state index in [0.717, 1.165) is 51.3 Å². The summed E-state index contributed by atoms with van der Waals surface area (Å²) >= 11 is 1.74. The van der Waals surface area contributed by atoms with Crippen LogP contribution in [0.3, 0.4) is 0 Å². The molecule has 2 N–H and O–H groups in total. The zero-order valence-electron chi connectivity index (χ0n) is 14.8. The molecule has 0 spiro atoms. The lowest BCUT2D eigenvalue weighted by atomic mass is 9.98. The molecule has 1 unspecified atom stereocenters. The van der Waals surface area contributed by atoms with E-state index in [1.54, 1.807) is 11.3 Å². The lowest BCUT2D eigenvalue weighted by Crippen LogP contribution is -2.52. The predicted molar refractivity (Wildman–Crippen MR) is 95.6 cm³/mol. The van der Waals surface area contributed by atoms with Crippen LogP contribution in [0.5, 0.6) is 0 Å². The number of piperazine rings is 1. The second-order valence-corrected chi connectivity index (χ2v) is 8.25. The van der Waals surface area contributed by atoms with Crippen LogP contribution in [-0.4, -0.2) is 52.9 Å². The Labute approximate surface area is 143 Å². The molecule has 1 amide bonds. The van der Waals surface area contributed by atoms with Crippen molar-refractivity contribution >= 4 is 17.2 Å². The van der Waals surface area contributed by atoms with Gasteiger partial charge in [-0.2, -0.15) is 0 Å².